The highest BCUT2D eigenvalue weighted by molar-refractivity contribution is 7.15. The maximum Gasteiger partial charge on any atom is 0.144 e. The number of thiazole rings is 1. The van der Waals surface area contributed by atoms with Crippen molar-refractivity contribution < 1.29 is 0 Å². The van der Waals surface area contributed by atoms with Crippen LogP contribution in [0.5, 0.6) is 0 Å². The van der Waals surface area contributed by atoms with E-state index in [-0.39, 0.29) is 0 Å². The average molecular weight is 220 g/mol. The molecule has 0 atom stereocenters. The molecule has 0 radical (unpaired) electrons. The molecule has 4 nitrogen and oxygen atoms in total. The lowest BCUT2D eigenvalue weighted by Crippen LogP contribution is -1.96. The first-order valence-electron chi connectivity index (χ1n) is 4.80. The van der Waals surface area contributed by atoms with Crippen molar-refractivity contribution in [3.8, 4) is 10.7 Å². The Hall–Kier alpha value is -1.33. The number of hydrogen-bond donors (Lipinski definition) is 1. The van der Waals surface area contributed by atoms with E-state index in [4.69, 9.17) is 5.73 Å². The predicted octanol–water partition coefficient (Wildman–Crippen LogP) is 1.62. The SMILES string of the molecule is CCc1nc(-c2cnccn2)sc1CN. The zero-order chi connectivity index (χ0) is 10.7. The van der Waals surface area contributed by atoms with Gasteiger partial charge in [0.15, 0.2) is 0 Å². The molecule has 0 aliphatic rings. The Morgan fingerprint density at radius 3 is 2.80 bits per heavy atom. The van der Waals surface area contributed by atoms with Gasteiger partial charge in [0.2, 0.25) is 0 Å². The molecule has 5 heteroatoms. The number of aryl methyl sites for hydroxylation is 1. The first kappa shape index (κ1) is 10.2. The molecule has 0 unspecified atom stereocenters. The van der Waals surface area contributed by atoms with Crippen LogP contribution < -0.4 is 5.73 Å². The molecule has 2 aromatic heterocycles. The monoisotopic (exact) mass is 220 g/mol. The zero-order valence-electron chi connectivity index (χ0n) is 8.47. The third kappa shape index (κ3) is 2.03. The Morgan fingerprint density at radius 2 is 2.27 bits per heavy atom. The van der Waals surface area contributed by atoms with Crippen molar-refractivity contribution in [3.05, 3.63) is 29.2 Å². The smallest absolute Gasteiger partial charge is 0.144 e. The maximum absolute atomic E-state index is 5.65. The molecule has 0 fully saturated rings. The molecule has 78 valence electrons. The summed E-state index contributed by atoms with van der Waals surface area (Å²) in [6.45, 7) is 2.62. The summed E-state index contributed by atoms with van der Waals surface area (Å²) >= 11 is 1.60. The quantitative estimate of drug-likeness (QED) is 0.853. The summed E-state index contributed by atoms with van der Waals surface area (Å²) in [5, 5.41) is 0.903. The number of nitrogens with zero attached hydrogens (tertiary/aromatic N) is 3. The molecule has 2 aromatic rings. The Morgan fingerprint density at radius 1 is 1.40 bits per heavy atom. The van der Waals surface area contributed by atoms with Crippen LogP contribution in [0.3, 0.4) is 0 Å². The normalized spacial score (nSPS) is 10.5. The van der Waals surface area contributed by atoms with Crippen molar-refractivity contribution in [1.82, 2.24) is 15.0 Å². The second-order valence-corrected chi connectivity index (χ2v) is 4.12. The molecule has 0 aliphatic heterocycles. The van der Waals surface area contributed by atoms with Gasteiger partial charge < -0.3 is 5.73 Å². The average Bonchev–Trinajstić information content (AvgIpc) is 2.73. The minimum Gasteiger partial charge on any atom is -0.326 e. The van der Waals surface area contributed by atoms with Crippen molar-refractivity contribution in [2.45, 2.75) is 19.9 Å². The summed E-state index contributed by atoms with van der Waals surface area (Å²) in [6, 6.07) is 0. The number of aromatic nitrogens is 3. The number of nitrogens with two attached hydrogens (primary N) is 1. The number of hydrogen-bond acceptors (Lipinski definition) is 5. The third-order valence-corrected chi connectivity index (χ3v) is 3.22. The highest BCUT2D eigenvalue weighted by Crippen LogP contribution is 2.26. The van der Waals surface area contributed by atoms with E-state index in [1.807, 2.05) is 0 Å². The minimum absolute atomic E-state index is 0.543. The van der Waals surface area contributed by atoms with Gasteiger partial charge in [-0.2, -0.15) is 0 Å². The maximum atomic E-state index is 5.65. The minimum atomic E-state index is 0.543. The summed E-state index contributed by atoms with van der Waals surface area (Å²) in [5.74, 6) is 0. The standard InChI is InChI=1S/C10H12N4S/c1-2-7-9(5-11)15-10(14-7)8-6-12-3-4-13-8/h3-4,6H,2,5,11H2,1H3. The molecule has 0 bridgehead atoms. The Bertz CT molecular complexity index is 416. The lowest BCUT2D eigenvalue weighted by atomic mass is 10.3. The first-order chi connectivity index (χ1) is 7.35. The molecule has 2 heterocycles. The van der Waals surface area contributed by atoms with Gasteiger partial charge in [-0.25, -0.2) is 4.98 Å². The van der Waals surface area contributed by atoms with E-state index in [2.05, 4.69) is 21.9 Å². The van der Waals surface area contributed by atoms with Crippen molar-refractivity contribution >= 4 is 11.3 Å². The van der Waals surface area contributed by atoms with Gasteiger partial charge in [0.25, 0.3) is 0 Å². The van der Waals surface area contributed by atoms with Crippen LogP contribution in [0.15, 0.2) is 18.6 Å². The van der Waals surface area contributed by atoms with Gasteiger partial charge >= 0.3 is 0 Å². The highest BCUT2D eigenvalue weighted by atomic mass is 32.1. The van der Waals surface area contributed by atoms with E-state index >= 15 is 0 Å². The van der Waals surface area contributed by atoms with Crippen molar-refractivity contribution in [1.29, 1.82) is 0 Å². The van der Waals surface area contributed by atoms with Crippen LogP contribution in [0.2, 0.25) is 0 Å². The molecule has 0 saturated heterocycles. The van der Waals surface area contributed by atoms with E-state index in [1.165, 1.54) is 0 Å². The topological polar surface area (TPSA) is 64.7 Å². The lowest BCUT2D eigenvalue weighted by Gasteiger charge is -1.91. The van der Waals surface area contributed by atoms with Crippen molar-refractivity contribution in [2.24, 2.45) is 5.73 Å². The van der Waals surface area contributed by atoms with E-state index in [0.717, 1.165) is 27.7 Å². The lowest BCUT2D eigenvalue weighted by molar-refractivity contribution is 0.988. The molecule has 0 spiro atoms. The highest BCUT2D eigenvalue weighted by Gasteiger charge is 2.10. The van der Waals surface area contributed by atoms with E-state index in [9.17, 15) is 0 Å². The largest absolute Gasteiger partial charge is 0.326 e. The summed E-state index contributed by atoms with van der Waals surface area (Å²) in [4.78, 5) is 13.9. The van der Waals surface area contributed by atoms with Gasteiger partial charge in [-0.15, -0.1) is 11.3 Å². The van der Waals surface area contributed by atoms with Crippen LogP contribution >= 0.6 is 11.3 Å². The molecule has 2 rings (SSSR count). The molecule has 0 aliphatic carbocycles. The molecular weight excluding hydrogens is 208 g/mol. The van der Waals surface area contributed by atoms with Crippen LogP contribution in [0.4, 0.5) is 0 Å². The van der Waals surface area contributed by atoms with E-state index in [0.29, 0.717) is 6.54 Å². The van der Waals surface area contributed by atoms with Crippen LogP contribution in [0, 0.1) is 0 Å². The fraction of sp³-hybridized carbons (Fsp3) is 0.300. The van der Waals surface area contributed by atoms with Crippen LogP contribution in [-0.2, 0) is 13.0 Å². The van der Waals surface area contributed by atoms with Crippen LogP contribution in [0.25, 0.3) is 10.7 Å². The van der Waals surface area contributed by atoms with Crippen LogP contribution in [-0.4, -0.2) is 15.0 Å². The summed E-state index contributed by atoms with van der Waals surface area (Å²) in [5.41, 5.74) is 7.54. The first-order valence-corrected chi connectivity index (χ1v) is 5.61. The second kappa shape index (κ2) is 4.46. The molecule has 0 saturated carbocycles. The molecule has 0 amide bonds. The number of rotatable bonds is 3. The fourth-order valence-electron chi connectivity index (χ4n) is 1.34. The third-order valence-electron chi connectivity index (χ3n) is 2.08. The molecule has 15 heavy (non-hydrogen) atoms. The molecule has 0 aromatic carbocycles. The zero-order valence-corrected chi connectivity index (χ0v) is 9.29. The van der Waals surface area contributed by atoms with Gasteiger partial charge in [0, 0.05) is 23.8 Å². The van der Waals surface area contributed by atoms with Gasteiger partial charge in [-0.05, 0) is 6.42 Å². The summed E-state index contributed by atoms with van der Waals surface area (Å²) in [6.07, 6.45) is 5.95. The van der Waals surface area contributed by atoms with Gasteiger partial charge in [-0.1, -0.05) is 6.92 Å². The Balaban J connectivity index is 2.42. The fourth-order valence-corrected chi connectivity index (χ4v) is 2.33. The van der Waals surface area contributed by atoms with Gasteiger partial charge in [0.1, 0.15) is 10.7 Å². The molecular formula is C10H12N4S. The Kier molecular flexibility index (Phi) is 3.03. The van der Waals surface area contributed by atoms with E-state index in [1.54, 1.807) is 29.9 Å². The Labute approximate surface area is 92.2 Å². The summed E-state index contributed by atoms with van der Waals surface area (Å²) in [7, 11) is 0. The second-order valence-electron chi connectivity index (χ2n) is 3.04. The van der Waals surface area contributed by atoms with Crippen molar-refractivity contribution in [2.75, 3.05) is 0 Å². The van der Waals surface area contributed by atoms with Gasteiger partial charge in [-0.3, -0.25) is 9.97 Å². The van der Waals surface area contributed by atoms with Gasteiger partial charge in [0.05, 0.1) is 11.9 Å². The predicted molar refractivity (Wildman–Crippen MR) is 60.4 cm³/mol. The summed E-state index contributed by atoms with van der Waals surface area (Å²) < 4.78 is 0. The molecule has 2 N–H and O–H groups in total. The van der Waals surface area contributed by atoms with Crippen LogP contribution in [0.1, 0.15) is 17.5 Å². The van der Waals surface area contributed by atoms with Crippen molar-refractivity contribution in [3.63, 3.8) is 0 Å². The van der Waals surface area contributed by atoms with E-state index < -0.39 is 0 Å².